The highest BCUT2D eigenvalue weighted by Crippen LogP contribution is 2.35. The van der Waals surface area contributed by atoms with Crippen molar-refractivity contribution in [1.82, 2.24) is 4.90 Å². The highest BCUT2D eigenvalue weighted by molar-refractivity contribution is 8.18. The van der Waals surface area contributed by atoms with Gasteiger partial charge in [0.1, 0.15) is 12.4 Å². The molecule has 1 heterocycles. The molecule has 1 fully saturated rings. The first-order chi connectivity index (χ1) is 14.8. The van der Waals surface area contributed by atoms with Crippen molar-refractivity contribution >= 4 is 34.6 Å². The van der Waals surface area contributed by atoms with Crippen LogP contribution in [0, 0.1) is 10.1 Å². The van der Waals surface area contributed by atoms with Crippen LogP contribution in [0.5, 0.6) is 5.75 Å². The van der Waals surface area contributed by atoms with E-state index in [1.54, 1.807) is 17.0 Å². The van der Waals surface area contributed by atoms with Gasteiger partial charge < -0.3 is 4.74 Å². The molecule has 1 aliphatic rings. The normalized spacial score (nSPS) is 16.7. The quantitative estimate of drug-likeness (QED) is 0.334. The lowest BCUT2D eigenvalue weighted by Crippen LogP contribution is -2.35. The van der Waals surface area contributed by atoms with E-state index in [0.29, 0.717) is 15.8 Å². The topological polar surface area (TPSA) is 85.0 Å². The number of carbonyl (C=O) groups is 1. The number of nitro benzene ring substituents is 1. The zero-order valence-electron chi connectivity index (χ0n) is 17.9. The fraction of sp³-hybridized carbons (Fsp3) is 0.304. The van der Waals surface area contributed by atoms with Crippen LogP contribution < -0.4 is 4.74 Å². The number of nitro groups is 1. The molecule has 3 rings (SSSR count). The molecule has 8 heteroatoms. The van der Waals surface area contributed by atoms with Crippen LogP contribution in [-0.4, -0.2) is 33.0 Å². The number of ether oxygens (including phenoxy) is 1. The van der Waals surface area contributed by atoms with Gasteiger partial charge in [0.25, 0.3) is 11.6 Å². The van der Waals surface area contributed by atoms with Crippen LogP contribution in [0.25, 0.3) is 6.08 Å². The zero-order chi connectivity index (χ0) is 22.5. The number of benzene rings is 2. The van der Waals surface area contributed by atoms with Crippen molar-refractivity contribution in [1.29, 1.82) is 0 Å². The van der Waals surface area contributed by atoms with Crippen molar-refractivity contribution in [2.24, 2.45) is 4.99 Å². The number of amides is 1. The standard InChI is InChI=1S/C23H25N3O4S/c1-15(2)24-23-25(16(3)4)22(27)21(31-23)13-18-7-5-6-8-20(18)30-14-17-9-11-19(12-10-17)26(28)29/h5-13,15-16H,14H2,1-4H3/b21-13+,24-23?. The van der Waals surface area contributed by atoms with Gasteiger partial charge in [-0.25, -0.2) is 0 Å². The molecule has 0 unspecified atom stereocenters. The van der Waals surface area contributed by atoms with Crippen molar-refractivity contribution in [3.63, 3.8) is 0 Å². The summed E-state index contributed by atoms with van der Waals surface area (Å²) in [7, 11) is 0. The Morgan fingerprint density at radius 1 is 1.13 bits per heavy atom. The number of rotatable bonds is 7. The number of nitrogens with zero attached hydrogens (tertiary/aromatic N) is 3. The Morgan fingerprint density at radius 2 is 1.81 bits per heavy atom. The van der Waals surface area contributed by atoms with E-state index in [-0.39, 0.29) is 30.3 Å². The Bertz CT molecular complexity index is 1030. The summed E-state index contributed by atoms with van der Waals surface area (Å²) in [5, 5.41) is 11.5. The second-order valence-corrected chi connectivity index (χ2v) is 8.64. The molecule has 2 aromatic rings. The summed E-state index contributed by atoms with van der Waals surface area (Å²) >= 11 is 1.37. The van der Waals surface area contributed by atoms with Crippen molar-refractivity contribution < 1.29 is 14.5 Å². The maximum Gasteiger partial charge on any atom is 0.269 e. The van der Waals surface area contributed by atoms with E-state index in [1.165, 1.54) is 23.9 Å². The van der Waals surface area contributed by atoms with Gasteiger partial charge in [-0.15, -0.1) is 0 Å². The summed E-state index contributed by atoms with van der Waals surface area (Å²) in [6, 6.07) is 13.8. The van der Waals surface area contributed by atoms with Crippen LogP contribution in [0.4, 0.5) is 5.69 Å². The molecule has 0 atom stereocenters. The molecule has 0 bridgehead atoms. The molecular weight excluding hydrogens is 414 g/mol. The Morgan fingerprint density at radius 3 is 2.42 bits per heavy atom. The molecule has 1 aliphatic heterocycles. The summed E-state index contributed by atoms with van der Waals surface area (Å²) in [6.45, 7) is 8.17. The van der Waals surface area contributed by atoms with Crippen molar-refractivity contribution in [3.8, 4) is 5.75 Å². The first-order valence-corrected chi connectivity index (χ1v) is 10.8. The minimum Gasteiger partial charge on any atom is -0.488 e. The van der Waals surface area contributed by atoms with E-state index in [9.17, 15) is 14.9 Å². The predicted molar refractivity (Wildman–Crippen MR) is 124 cm³/mol. The van der Waals surface area contributed by atoms with E-state index in [0.717, 1.165) is 11.1 Å². The number of hydrogen-bond acceptors (Lipinski definition) is 6. The van der Waals surface area contributed by atoms with E-state index in [2.05, 4.69) is 4.99 Å². The van der Waals surface area contributed by atoms with Crippen molar-refractivity contribution in [3.05, 3.63) is 74.7 Å². The summed E-state index contributed by atoms with van der Waals surface area (Å²) in [4.78, 5) is 30.3. The van der Waals surface area contributed by atoms with Gasteiger partial charge in [-0.3, -0.25) is 24.8 Å². The zero-order valence-corrected chi connectivity index (χ0v) is 18.8. The lowest BCUT2D eigenvalue weighted by atomic mass is 10.1. The molecule has 0 aliphatic carbocycles. The molecular formula is C23H25N3O4S. The molecule has 162 valence electrons. The highest BCUT2D eigenvalue weighted by atomic mass is 32.2. The summed E-state index contributed by atoms with van der Waals surface area (Å²) in [5.74, 6) is 0.566. The van der Waals surface area contributed by atoms with Crippen LogP contribution in [0.1, 0.15) is 38.8 Å². The third-order valence-electron chi connectivity index (χ3n) is 4.47. The lowest BCUT2D eigenvalue weighted by Gasteiger charge is -2.20. The fourth-order valence-corrected chi connectivity index (χ4v) is 4.22. The molecule has 0 N–H and O–H groups in total. The van der Waals surface area contributed by atoms with Gasteiger partial charge >= 0.3 is 0 Å². The SMILES string of the molecule is CC(C)N=C1S/C(=C/c2ccccc2OCc2ccc([N+](=O)[O-])cc2)C(=O)N1C(C)C. The minimum absolute atomic E-state index is 0.0111. The molecule has 0 spiro atoms. The number of amidine groups is 1. The lowest BCUT2D eigenvalue weighted by molar-refractivity contribution is -0.384. The molecule has 0 aromatic heterocycles. The number of hydrogen-bond donors (Lipinski definition) is 0. The van der Waals surface area contributed by atoms with Gasteiger partial charge in [0, 0.05) is 29.8 Å². The van der Waals surface area contributed by atoms with Gasteiger partial charge in [-0.2, -0.15) is 0 Å². The van der Waals surface area contributed by atoms with Crippen molar-refractivity contribution in [2.75, 3.05) is 0 Å². The number of carbonyl (C=O) groups excluding carboxylic acids is 1. The summed E-state index contributed by atoms with van der Waals surface area (Å²) in [5.41, 5.74) is 1.64. The van der Waals surface area contributed by atoms with Gasteiger partial charge in [0.15, 0.2) is 5.17 Å². The van der Waals surface area contributed by atoms with Crippen LogP contribution in [-0.2, 0) is 11.4 Å². The Hall–Kier alpha value is -3.13. The molecule has 0 saturated carbocycles. The molecule has 2 aromatic carbocycles. The predicted octanol–water partition coefficient (Wildman–Crippen LogP) is 5.26. The molecule has 31 heavy (non-hydrogen) atoms. The first-order valence-electron chi connectivity index (χ1n) is 10.0. The Labute approximate surface area is 186 Å². The molecule has 1 amide bonds. The van der Waals surface area contributed by atoms with Gasteiger partial charge in [0.05, 0.1) is 9.83 Å². The van der Waals surface area contributed by atoms with E-state index >= 15 is 0 Å². The minimum atomic E-state index is -0.431. The summed E-state index contributed by atoms with van der Waals surface area (Å²) < 4.78 is 5.96. The van der Waals surface area contributed by atoms with Gasteiger partial charge in [-0.05, 0) is 69.3 Å². The summed E-state index contributed by atoms with van der Waals surface area (Å²) in [6.07, 6.45) is 1.83. The van der Waals surface area contributed by atoms with Gasteiger partial charge in [-0.1, -0.05) is 18.2 Å². The molecule has 0 radical (unpaired) electrons. The largest absolute Gasteiger partial charge is 0.488 e. The third-order valence-corrected chi connectivity index (χ3v) is 5.47. The van der Waals surface area contributed by atoms with E-state index < -0.39 is 4.92 Å². The Kier molecular flexibility index (Phi) is 7.12. The van der Waals surface area contributed by atoms with E-state index in [4.69, 9.17) is 4.74 Å². The second-order valence-electron chi connectivity index (χ2n) is 7.64. The fourth-order valence-electron chi connectivity index (χ4n) is 3.00. The maximum absolute atomic E-state index is 13.0. The number of aliphatic imine (C=N–C) groups is 1. The first kappa shape index (κ1) is 22.6. The second kappa shape index (κ2) is 9.78. The molecule has 7 nitrogen and oxygen atoms in total. The monoisotopic (exact) mass is 439 g/mol. The van der Waals surface area contributed by atoms with Gasteiger partial charge in [0.2, 0.25) is 0 Å². The van der Waals surface area contributed by atoms with Crippen LogP contribution in [0.3, 0.4) is 0 Å². The Balaban J connectivity index is 1.82. The number of non-ortho nitro benzene ring substituents is 1. The van der Waals surface area contributed by atoms with Crippen LogP contribution in [0.2, 0.25) is 0 Å². The molecule has 1 saturated heterocycles. The number of para-hydroxylation sites is 1. The van der Waals surface area contributed by atoms with Crippen LogP contribution in [0.15, 0.2) is 58.4 Å². The average Bonchev–Trinajstić information content (AvgIpc) is 3.01. The van der Waals surface area contributed by atoms with Crippen molar-refractivity contribution in [2.45, 2.75) is 46.4 Å². The average molecular weight is 440 g/mol. The highest BCUT2D eigenvalue weighted by Gasteiger charge is 2.35. The number of thioether (sulfide) groups is 1. The smallest absolute Gasteiger partial charge is 0.269 e. The third kappa shape index (κ3) is 5.52. The van der Waals surface area contributed by atoms with Crippen LogP contribution >= 0.6 is 11.8 Å². The van der Waals surface area contributed by atoms with E-state index in [1.807, 2.05) is 58.0 Å². The maximum atomic E-state index is 13.0.